The molecule has 11 heteroatoms. The zero-order valence-electron chi connectivity index (χ0n) is 19.8. The van der Waals surface area contributed by atoms with E-state index in [1.54, 1.807) is 12.3 Å². The SMILES string of the molecule is C=C(C(N)=O)c1nc(C2CC2)cnc1N.CC(C=O)C1CC1.N#CC(N)c1ccc(C(F)(F)F)cc1.[HH].[HH].[HH]. The number of primary amides is 1. The van der Waals surface area contributed by atoms with Crippen LogP contribution in [0.5, 0.6) is 0 Å². The van der Waals surface area contributed by atoms with Gasteiger partial charge in [0.25, 0.3) is 0 Å². The number of alkyl halides is 3. The van der Waals surface area contributed by atoms with E-state index in [4.69, 9.17) is 22.5 Å². The van der Waals surface area contributed by atoms with Crippen molar-refractivity contribution in [3.8, 4) is 6.07 Å². The van der Waals surface area contributed by atoms with Gasteiger partial charge in [0.05, 0.1) is 29.1 Å². The topological polar surface area (TPSA) is 162 Å². The maximum Gasteiger partial charge on any atom is 0.416 e. The van der Waals surface area contributed by atoms with Crippen LogP contribution in [0.4, 0.5) is 19.0 Å². The van der Waals surface area contributed by atoms with Crippen LogP contribution in [-0.4, -0.2) is 22.2 Å². The zero-order chi connectivity index (χ0) is 27.0. The highest BCUT2D eigenvalue weighted by Crippen LogP contribution is 2.39. The Bertz CT molecular complexity index is 1140. The lowest BCUT2D eigenvalue weighted by atomic mass is 10.1. The monoisotopic (exact) mass is 508 g/mol. The Morgan fingerprint density at radius 1 is 1.25 bits per heavy atom. The second-order valence-electron chi connectivity index (χ2n) is 8.70. The minimum atomic E-state index is -4.35. The van der Waals surface area contributed by atoms with E-state index < -0.39 is 23.7 Å². The third kappa shape index (κ3) is 8.46. The van der Waals surface area contributed by atoms with Crippen molar-refractivity contribution >= 4 is 23.6 Å². The number of halogens is 3. The van der Waals surface area contributed by atoms with Gasteiger partial charge in [-0.1, -0.05) is 25.6 Å². The van der Waals surface area contributed by atoms with Crippen molar-refractivity contribution < 1.29 is 27.0 Å². The third-order valence-electron chi connectivity index (χ3n) is 5.71. The van der Waals surface area contributed by atoms with E-state index in [1.807, 2.05) is 6.92 Å². The molecule has 0 saturated heterocycles. The molecule has 1 aromatic heterocycles. The maximum absolute atomic E-state index is 12.1. The highest BCUT2D eigenvalue weighted by Gasteiger charge is 2.30. The molecular weight excluding hydrogens is 473 g/mol. The first kappa shape index (κ1) is 28.5. The Kier molecular flexibility index (Phi) is 9.69. The maximum atomic E-state index is 12.1. The first-order chi connectivity index (χ1) is 16.9. The number of carbonyl (C=O) groups excluding carboxylic acids is 2. The van der Waals surface area contributed by atoms with Gasteiger partial charge in [0, 0.05) is 16.1 Å². The number of amides is 1. The van der Waals surface area contributed by atoms with E-state index in [1.165, 1.54) is 25.0 Å². The van der Waals surface area contributed by atoms with Crippen LogP contribution in [0.3, 0.4) is 0 Å². The lowest BCUT2D eigenvalue weighted by Crippen LogP contribution is -2.15. The van der Waals surface area contributed by atoms with Crippen LogP contribution >= 0.6 is 0 Å². The van der Waals surface area contributed by atoms with Crippen molar-refractivity contribution in [3.63, 3.8) is 0 Å². The summed E-state index contributed by atoms with van der Waals surface area (Å²) in [6, 6.07) is 5.09. The molecule has 2 aliphatic carbocycles. The molecule has 0 bridgehead atoms. The van der Waals surface area contributed by atoms with Crippen LogP contribution in [0.1, 0.15) is 71.4 Å². The molecule has 8 nitrogen and oxygen atoms in total. The number of aromatic nitrogens is 2. The fraction of sp³-hybridized carbons (Fsp3) is 0.400. The predicted octanol–water partition coefficient (Wildman–Crippen LogP) is 4.63. The van der Waals surface area contributed by atoms with Crippen LogP contribution in [0.25, 0.3) is 5.57 Å². The average molecular weight is 509 g/mol. The molecule has 4 rings (SSSR count). The fourth-order valence-corrected chi connectivity index (χ4v) is 3.01. The number of hydrogen-bond donors (Lipinski definition) is 3. The predicted molar refractivity (Wildman–Crippen MR) is 135 cm³/mol. The first-order valence-corrected chi connectivity index (χ1v) is 11.3. The molecule has 0 radical (unpaired) electrons. The largest absolute Gasteiger partial charge is 0.416 e. The molecule has 0 aliphatic heterocycles. The van der Waals surface area contributed by atoms with Gasteiger partial charge in [0.2, 0.25) is 5.91 Å². The van der Waals surface area contributed by atoms with Gasteiger partial charge in [-0.05, 0) is 49.3 Å². The normalized spacial score (nSPS) is 16.1. The third-order valence-corrected chi connectivity index (χ3v) is 5.71. The summed E-state index contributed by atoms with van der Waals surface area (Å²) in [6.07, 6.45) is 3.12. The lowest BCUT2D eigenvalue weighted by molar-refractivity contribution is -0.137. The van der Waals surface area contributed by atoms with E-state index in [9.17, 15) is 22.8 Å². The van der Waals surface area contributed by atoms with Gasteiger partial charge in [-0.3, -0.25) is 4.79 Å². The number of rotatable bonds is 6. The van der Waals surface area contributed by atoms with E-state index in [-0.39, 0.29) is 15.7 Å². The van der Waals surface area contributed by atoms with E-state index in [0.29, 0.717) is 23.1 Å². The Hall–Kier alpha value is -3.78. The molecule has 1 heterocycles. The first-order valence-electron chi connectivity index (χ1n) is 11.3. The number of nitriles is 1. The van der Waals surface area contributed by atoms with E-state index in [0.717, 1.165) is 42.9 Å². The number of anilines is 1. The van der Waals surface area contributed by atoms with E-state index >= 15 is 0 Å². The minimum Gasteiger partial charge on any atom is -0.382 e. The van der Waals surface area contributed by atoms with Crippen LogP contribution in [0.15, 0.2) is 37.0 Å². The smallest absolute Gasteiger partial charge is 0.382 e. The van der Waals surface area contributed by atoms with Crippen molar-refractivity contribution in [2.24, 2.45) is 23.3 Å². The highest BCUT2D eigenvalue weighted by molar-refractivity contribution is 6.18. The molecule has 6 N–H and O–H groups in total. The molecule has 2 saturated carbocycles. The molecule has 36 heavy (non-hydrogen) atoms. The summed E-state index contributed by atoms with van der Waals surface area (Å²) in [7, 11) is 0. The summed E-state index contributed by atoms with van der Waals surface area (Å²) in [5, 5.41) is 8.42. The van der Waals surface area contributed by atoms with Gasteiger partial charge >= 0.3 is 6.18 Å². The Morgan fingerprint density at radius 3 is 2.22 bits per heavy atom. The number of nitrogens with zero attached hydrogens (tertiary/aromatic N) is 3. The molecular formula is C25H35F3N6O2. The fourth-order valence-electron chi connectivity index (χ4n) is 3.01. The van der Waals surface area contributed by atoms with Gasteiger partial charge in [0.1, 0.15) is 23.8 Å². The van der Waals surface area contributed by atoms with Gasteiger partial charge < -0.3 is 22.0 Å². The molecule has 2 fully saturated rings. The summed E-state index contributed by atoms with van der Waals surface area (Å²) in [4.78, 5) is 29.2. The van der Waals surface area contributed by atoms with Gasteiger partial charge in [0.15, 0.2) is 0 Å². The van der Waals surface area contributed by atoms with Crippen LogP contribution in [0.2, 0.25) is 0 Å². The molecule has 198 valence electrons. The van der Waals surface area contributed by atoms with Crippen LogP contribution in [-0.2, 0) is 15.8 Å². The van der Waals surface area contributed by atoms with Gasteiger partial charge in [-0.15, -0.1) is 0 Å². The second-order valence-corrected chi connectivity index (χ2v) is 8.70. The highest BCUT2D eigenvalue weighted by atomic mass is 19.4. The summed E-state index contributed by atoms with van der Waals surface area (Å²) < 4.78 is 36.3. The molecule has 1 aromatic carbocycles. The zero-order valence-corrected chi connectivity index (χ0v) is 19.8. The Morgan fingerprint density at radius 2 is 1.83 bits per heavy atom. The molecule has 1 amide bonds. The molecule has 2 aliphatic rings. The van der Waals surface area contributed by atoms with Crippen molar-refractivity contribution in [1.82, 2.24) is 9.97 Å². The number of benzene rings is 1. The number of aldehydes is 1. The second kappa shape index (κ2) is 12.3. The van der Waals surface area contributed by atoms with Gasteiger partial charge in [-0.25, -0.2) is 9.97 Å². The van der Waals surface area contributed by atoms with Crippen molar-refractivity contribution in [2.45, 2.75) is 50.7 Å². The number of nitrogens with two attached hydrogens (primary N) is 3. The Balaban J connectivity index is 0. The number of carbonyl (C=O) groups is 2. The van der Waals surface area contributed by atoms with Crippen molar-refractivity contribution in [1.29, 1.82) is 5.26 Å². The molecule has 2 aromatic rings. The number of nitrogen functional groups attached to an aromatic ring is 1. The van der Waals surface area contributed by atoms with Crippen LogP contribution in [0, 0.1) is 23.2 Å². The average Bonchev–Trinajstić information content (AvgIpc) is 3.76. The summed E-state index contributed by atoms with van der Waals surface area (Å²) in [6.45, 7) is 5.54. The number of hydrogen-bond acceptors (Lipinski definition) is 7. The summed E-state index contributed by atoms with van der Waals surface area (Å²) in [5.41, 5.74) is 17.0. The Labute approximate surface area is 211 Å². The lowest BCUT2D eigenvalue weighted by Gasteiger charge is -2.08. The molecule has 0 spiro atoms. The van der Waals surface area contributed by atoms with Crippen molar-refractivity contribution in [3.05, 3.63) is 59.6 Å². The van der Waals surface area contributed by atoms with Crippen LogP contribution < -0.4 is 17.2 Å². The minimum absolute atomic E-state index is 0. The summed E-state index contributed by atoms with van der Waals surface area (Å²) >= 11 is 0. The quantitative estimate of drug-likeness (QED) is 0.378. The molecule has 2 atom stereocenters. The standard InChI is InChI=1S/C10H12N4O.C9H7F3N2.C6H10O.3H2/c1-5(10(12)15)8-9(11)13-4-7(14-8)6-2-3-6;10-9(11,12)7-3-1-6(2-4-7)8(14)5-13;1-5(4-7)6-2-3-6;;;/h4,6H,1-3H2,(H2,11,13)(H2,12,15);1-4,8H,14H2;4-6H,2-3H2,1H3;3*1H. The van der Waals surface area contributed by atoms with Gasteiger partial charge in [-0.2, -0.15) is 18.4 Å². The summed E-state index contributed by atoms with van der Waals surface area (Å²) in [5.74, 6) is 1.11. The van der Waals surface area contributed by atoms with Crippen molar-refractivity contribution in [2.75, 3.05) is 5.73 Å². The van der Waals surface area contributed by atoms with E-state index in [2.05, 4.69) is 16.5 Å². The molecule has 2 unspecified atom stereocenters.